The lowest BCUT2D eigenvalue weighted by Gasteiger charge is -2.32. The predicted molar refractivity (Wildman–Crippen MR) is 79.7 cm³/mol. The highest BCUT2D eigenvalue weighted by atomic mass is 32.2. The first kappa shape index (κ1) is 15.3. The van der Waals surface area contributed by atoms with Crippen LogP contribution in [-0.2, 0) is 19.1 Å². The number of benzene rings is 1. The molecule has 5 nitrogen and oxygen atoms in total. The minimum Gasteiger partial charge on any atom is -0.399 e. The first-order valence-corrected chi connectivity index (χ1v) is 8.28. The fraction of sp³-hybridized carbons (Fsp3) is 0.538. The molecule has 2 N–H and O–H groups in total. The molecule has 1 aliphatic rings. The second-order valence-electron chi connectivity index (χ2n) is 6.16. The molecule has 110 valence electrons. The zero-order valence-electron chi connectivity index (χ0n) is 12.4. The summed E-state index contributed by atoms with van der Waals surface area (Å²) in [4.78, 5) is 0.185. The van der Waals surface area contributed by atoms with Gasteiger partial charge in [-0.15, -0.1) is 0 Å². The topological polar surface area (TPSA) is 78.6 Å². The molecule has 0 aromatic heterocycles. The van der Waals surface area contributed by atoms with Gasteiger partial charge in [0, 0.05) is 17.4 Å². The number of sulfone groups is 1. The van der Waals surface area contributed by atoms with Crippen molar-refractivity contribution in [3.63, 3.8) is 0 Å². The number of hydrogen-bond acceptors (Lipinski definition) is 5. The van der Waals surface area contributed by atoms with Gasteiger partial charge in [0.2, 0.25) is 0 Å². The van der Waals surface area contributed by atoms with Crippen molar-refractivity contribution in [1.29, 1.82) is 0 Å². The summed E-state index contributed by atoms with van der Waals surface area (Å²) in [6.07, 6.45) is 1.16. The number of nitrogens with two attached hydrogens (primary N) is 1. The van der Waals surface area contributed by atoms with Gasteiger partial charge >= 0.3 is 7.12 Å². The van der Waals surface area contributed by atoms with Gasteiger partial charge in [-0.25, -0.2) is 8.42 Å². The van der Waals surface area contributed by atoms with Crippen molar-refractivity contribution in [3.8, 4) is 0 Å². The van der Waals surface area contributed by atoms with Crippen molar-refractivity contribution in [1.82, 2.24) is 0 Å². The van der Waals surface area contributed by atoms with Crippen LogP contribution in [-0.4, -0.2) is 33.0 Å². The van der Waals surface area contributed by atoms with Gasteiger partial charge in [0.05, 0.1) is 16.1 Å². The summed E-state index contributed by atoms with van der Waals surface area (Å²) in [6.45, 7) is 7.66. The quantitative estimate of drug-likeness (QED) is 0.650. The van der Waals surface area contributed by atoms with Crippen LogP contribution in [0.2, 0.25) is 0 Å². The van der Waals surface area contributed by atoms with Crippen LogP contribution in [0.1, 0.15) is 27.7 Å². The van der Waals surface area contributed by atoms with Crippen LogP contribution >= 0.6 is 0 Å². The molecule has 0 amide bonds. The average Bonchev–Trinajstić information content (AvgIpc) is 2.46. The monoisotopic (exact) mass is 297 g/mol. The van der Waals surface area contributed by atoms with Gasteiger partial charge < -0.3 is 15.0 Å². The first-order chi connectivity index (χ1) is 8.94. The maximum atomic E-state index is 11.9. The molecule has 0 aliphatic carbocycles. The van der Waals surface area contributed by atoms with Gasteiger partial charge in [-0.2, -0.15) is 0 Å². The van der Waals surface area contributed by atoms with Crippen molar-refractivity contribution in [3.05, 3.63) is 18.2 Å². The minimum absolute atomic E-state index is 0.185. The number of nitrogen functional groups attached to an aromatic ring is 1. The highest BCUT2D eigenvalue weighted by Crippen LogP contribution is 2.37. The Kier molecular flexibility index (Phi) is 3.44. The van der Waals surface area contributed by atoms with E-state index in [9.17, 15) is 8.42 Å². The lowest BCUT2D eigenvalue weighted by molar-refractivity contribution is 0.00578. The summed E-state index contributed by atoms with van der Waals surface area (Å²) in [5.41, 5.74) is 5.63. The molecule has 1 saturated heterocycles. The molecule has 1 fully saturated rings. The summed E-state index contributed by atoms with van der Waals surface area (Å²) in [6, 6.07) is 4.65. The number of anilines is 1. The fourth-order valence-electron chi connectivity index (χ4n) is 2.06. The second kappa shape index (κ2) is 4.48. The van der Waals surface area contributed by atoms with Gasteiger partial charge in [0.1, 0.15) is 0 Å². The number of hydrogen-bond donors (Lipinski definition) is 1. The van der Waals surface area contributed by atoms with E-state index >= 15 is 0 Å². The molecule has 2 rings (SSSR count). The minimum atomic E-state index is -3.38. The summed E-state index contributed by atoms with van der Waals surface area (Å²) in [7, 11) is -4.12. The maximum Gasteiger partial charge on any atom is 0.496 e. The molecule has 0 spiro atoms. The van der Waals surface area contributed by atoms with Crippen molar-refractivity contribution >= 4 is 28.1 Å². The van der Waals surface area contributed by atoms with Crippen molar-refractivity contribution < 1.29 is 17.7 Å². The second-order valence-corrected chi connectivity index (χ2v) is 8.14. The maximum absolute atomic E-state index is 11.9. The average molecular weight is 297 g/mol. The molecule has 1 aliphatic heterocycles. The van der Waals surface area contributed by atoms with Gasteiger partial charge in [0.15, 0.2) is 9.84 Å². The van der Waals surface area contributed by atoms with Crippen LogP contribution < -0.4 is 11.2 Å². The fourth-order valence-corrected chi connectivity index (χ4v) is 2.96. The Labute approximate surface area is 120 Å². The van der Waals surface area contributed by atoms with Crippen molar-refractivity contribution in [2.75, 3.05) is 12.0 Å². The summed E-state index contributed by atoms with van der Waals surface area (Å²) >= 11 is 0. The van der Waals surface area contributed by atoms with E-state index in [-0.39, 0.29) is 4.90 Å². The Morgan fingerprint density at radius 3 is 2.05 bits per heavy atom. The molecule has 0 radical (unpaired) electrons. The van der Waals surface area contributed by atoms with E-state index in [1.54, 1.807) is 12.1 Å². The van der Waals surface area contributed by atoms with Crippen LogP contribution in [0.5, 0.6) is 0 Å². The molecule has 1 aromatic rings. The third kappa shape index (κ3) is 2.57. The van der Waals surface area contributed by atoms with Crippen molar-refractivity contribution in [2.24, 2.45) is 0 Å². The van der Waals surface area contributed by atoms with Crippen LogP contribution in [0, 0.1) is 0 Å². The zero-order chi connectivity index (χ0) is 15.3. The van der Waals surface area contributed by atoms with Crippen LogP contribution in [0.25, 0.3) is 0 Å². The Morgan fingerprint density at radius 2 is 1.60 bits per heavy atom. The SMILES string of the molecule is CC1(C)OB(c2cc(N)ccc2S(C)(=O)=O)OC1(C)C. The van der Waals surface area contributed by atoms with E-state index in [1.165, 1.54) is 6.07 Å². The Hall–Kier alpha value is -1.05. The molecule has 0 saturated carbocycles. The molecule has 20 heavy (non-hydrogen) atoms. The van der Waals surface area contributed by atoms with Crippen LogP contribution in [0.3, 0.4) is 0 Å². The molecule has 7 heteroatoms. The highest BCUT2D eigenvalue weighted by Gasteiger charge is 2.52. The Balaban J connectivity index is 2.53. The predicted octanol–water partition coefficient (Wildman–Crippen LogP) is 0.971. The lowest BCUT2D eigenvalue weighted by atomic mass is 9.79. The molecule has 0 atom stereocenters. The standard InChI is InChI=1S/C13H20BNO4S/c1-12(2)13(3,4)19-14(18-12)10-8-9(15)6-7-11(10)20(5,16)17/h6-8H,15H2,1-5H3. The van der Waals surface area contributed by atoms with E-state index in [0.717, 1.165) is 6.26 Å². The zero-order valence-corrected chi connectivity index (χ0v) is 13.2. The van der Waals surface area contributed by atoms with E-state index in [0.29, 0.717) is 11.2 Å². The normalized spacial score (nSPS) is 21.1. The Morgan fingerprint density at radius 1 is 1.10 bits per heavy atom. The summed E-state index contributed by atoms with van der Waals surface area (Å²) in [5.74, 6) is 0. The van der Waals surface area contributed by atoms with Gasteiger partial charge in [-0.05, 0) is 45.9 Å². The first-order valence-electron chi connectivity index (χ1n) is 6.39. The molecular formula is C13H20BNO4S. The third-order valence-electron chi connectivity index (χ3n) is 3.94. The van der Waals surface area contributed by atoms with Crippen LogP contribution in [0.15, 0.2) is 23.1 Å². The highest BCUT2D eigenvalue weighted by molar-refractivity contribution is 7.91. The summed E-state index contributed by atoms with van der Waals surface area (Å²) in [5, 5.41) is 0. The van der Waals surface area contributed by atoms with E-state index in [1.807, 2.05) is 27.7 Å². The third-order valence-corrected chi connectivity index (χ3v) is 5.11. The van der Waals surface area contributed by atoms with Gasteiger partial charge in [-0.1, -0.05) is 0 Å². The van der Waals surface area contributed by atoms with E-state index in [4.69, 9.17) is 15.0 Å². The molecule has 1 aromatic carbocycles. The molecule has 0 bridgehead atoms. The molecule has 0 unspecified atom stereocenters. The lowest BCUT2D eigenvalue weighted by Crippen LogP contribution is -2.41. The van der Waals surface area contributed by atoms with Crippen LogP contribution in [0.4, 0.5) is 5.69 Å². The van der Waals surface area contributed by atoms with Gasteiger partial charge in [0.25, 0.3) is 0 Å². The Bertz CT molecular complexity index is 624. The van der Waals surface area contributed by atoms with Crippen molar-refractivity contribution in [2.45, 2.75) is 43.8 Å². The summed E-state index contributed by atoms with van der Waals surface area (Å²) < 4.78 is 35.6. The van der Waals surface area contributed by atoms with E-state index < -0.39 is 28.2 Å². The van der Waals surface area contributed by atoms with E-state index in [2.05, 4.69) is 0 Å². The van der Waals surface area contributed by atoms with Gasteiger partial charge in [-0.3, -0.25) is 0 Å². The smallest absolute Gasteiger partial charge is 0.399 e. The molecular weight excluding hydrogens is 277 g/mol. The number of rotatable bonds is 2. The molecule has 1 heterocycles. The largest absolute Gasteiger partial charge is 0.496 e.